The molecular weight excluding hydrogens is 624 g/mol. The molecule has 0 amide bonds. The minimum absolute atomic E-state index is 0.0580. The fourth-order valence-corrected chi connectivity index (χ4v) is 7.66. The van der Waals surface area contributed by atoms with Crippen molar-refractivity contribution in [3.05, 3.63) is 53.6 Å². The highest BCUT2D eigenvalue weighted by molar-refractivity contribution is 6.02. The quantitative estimate of drug-likeness (QED) is 0.219. The highest BCUT2D eigenvalue weighted by atomic mass is 19.3. The Kier molecular flexibility index (Phi) is 7.21. The number of ether oxygens (including phenoxy) is 1. The van der Waals surface area contributed by atoms with Gasteiger partial charge in [-0.1, -0.05) is 6.07 Å². The molecule has 4 heterocycles. The smallest absolute Gasteiger partial charge is 0.319 e. The van der Waals surface area contributed by atoms with Crippen molar-refractivity contribution >= 4 is 27.5 Å². The first kappa shape index (κ1) is 30.5. The Balaban J connectivity index is 1.21. The van der Waals surface area contributed by atoms with Crippen LogP contribution >= 0.6 is 0 Å². The SMILES string of the molecule is Oc1cc(-c2c(F)cc3c(N4CC5CCC(C4)N5)nc(OCC4(CN5CCCC(F)(F)C5)CC4)nc3c2F)c2c(F)c(F)ccc2c1. The number of aromatic hydroxyl groups is 1. The predicted molar refractivity (Wildman–Crippen MR) is 164 cm³/mol. The van der Waals surface area contributed by atoms with Crippen molar-refractivity contribution in [2.24, 2.45) is 5.41 Å². The van der Waals surface area contributed by atoms with Crippen LogP contribution in [0.2, 0.25) is 0 Å². The van der Waals surface area contributed by atoms with Crippen LogP contribution in [0.5, 0.6) is 11.8 Å². The van der Waals surface area contributed by atoms with Crippen LogP contribution in [0.3, 0.4) is 0 Å². The summed E-state index contributed by atoms with van der Waals surface area (Å²) in [5, 5.41) is 13.7. The molecule has 1 aliphatic carbocycles. The topological polar surface area (TPSA) is 73.8 Å². The second kappa shape index (κ2) is 11.1. The van der Waals surface area contributed by atoms with E-state index in [1.54, 1.807) is 4.90 Å². The number of piperazine rings is 1. The van der Waals surface area contributed by atoms with Gasteiger partial charge in [0, 0.05) is 59.9 Å². The van der Waals surface area contributed by atoms with Gasteiger partial charge in [-0.2, -0.15) is 9.97 Å². The van der Waals surface area contributed by atoms with Gasteiger partial charge in [-0.3, -0.25) is 4.90 Å². The van der Waals surface area contributed by atoms with Gasteiger partial charge in [0.15, 0.2) is 17.5 Å². The van der Waals surface area contributed by atoms with Gasteiger partial charge < -0.3 is 20.1 Å². The Labute approximate surface area is 266 Å². The molecule has 4 aromatic rings. The Hall–Kier alpha value is -3.84. The number of benzene rings is 3. The fraction of sp³-hybridized carbons (Fsp3) is 0.471. The molecule has 2 atom stereocenters. The molecule has 2 unspecified atom stereocenters. The molecule has 0 radical (unpaired) electrons. The minimum Gasteiger partial charge on any atom is -0.508 e. The lowest BCUT2D eigenvalue weighted by molar-refractivity contribution is -0.0694. The third kappa shape index (κ3) is 5.60. The molecule has 4 aliphatic rings. The molecule has 2 bridgehead atoms. The summed E-state index contributed by atoms with van der Waals surface area (Å²) in [7, 11) is 0. The molecule has 47 heavy (non-hydrogen) atoms. The number of hydrogen-bond acceptors (Lipinski definition) is 7. The molecule has 4 fully saturated rings. The maximum Gasteiger partial charge on any atom is 0.319 e. The normalized spacial score (nSPS) is 23.5. The third-order valence-corrected chi connectivity index (χ3v) is 10.1. The van der Waals surface area contributed by atoms with E-state index in [0.29, 0.717) is 32.6 Å². The number of halogens is 6. The molecular formula is C34H33F6N5O2. The van der Waals surface area contributed by atoms with Crippen LogP contribution in [-0.2, 0) is 0 Å². The van der Waals surface area contributed by atoms with Crippen molar-refractivity contribution in [2.75, 3.05) is 44.2 Å². The van der Waals surface area contributed by atoms with Crippen molar-refractivity contribution in [1.82, 2.24) is 20.2 Å². The average Bonchev–Trinajstić information content (AvgIpc) is 3.70. The van der Waals surface area contributed by atoms with E-state index in [-0.39, 0.29) is 81.9 Å². The maximum atomic E-state index is 16.7. The zero-order valence-corrected chi connectivity index (χ0v) is 25.4. The van der Waals surface area contributed by atoms with Crippen LogP contribution in [0.1, 0.15) is 38.5 Å². The minimum atomic E-state index is -2.73. The number of aromatic nitrogens is 2. The van der Waals surface area contributed by atoms with Crippen molar-refractivity contribution in [3.8, 4) is 22.9 Å². The summed E-state index contributed by atoms with van der Waals surface area (Å²) in [5.74, 6) is -7.54. The van der Waals surface area contributed by atoms with Gasteiger partial charge in [0.05, 0.1) is 18.7 Å². The van der Waals surface area contributed by atoms with Crippen LogP contribution < -0.4 is 15.0 Å². The zero-order valence-electron chi connectivity index (χ0n) is 25.4. The molecule has 248 valence electrons. The Morgan fingerprint density at radius 1 is 0.936 bits per heavy atom. The maximum absolute atomic E-state index is 16.7. The second-order valence-electron chi connectivity index (χ2n) is 13.7. The van der Waals surface area contributed by atoms with Gasteiger partial charge in [-0.05, 0) is 68.3 Å². The number of nitrogens with one attached hydrogen (secondary N) is 1. The number of rotatable bonds is 7. The number of fused-ring (bicyclic) bond motifs is 4. The van der Waals surface area contributed by atoms with Gasteiger partial charge in [-0.15, -0.1) is 0 Å². The highest BCUT2D eigenvalue weighted by Gasteiger charge is 2.47. The van der Waals surface area contributed by atoms with Crippen molar-refractivity contribution in [2.45, 2.75) is 56.5 Å². The number of phenolic OH excluding ortho intramolecular Hbond substituents is 1. The molecule has 13 heteroatoms. The standard InChI is InChI=1S/C34H33F6N5O2/c35-24-5-2-18-10-21(46)11-22(26(18)28(24)37)27-25(36)12-23-30(29(27)38)42-32(43-31(23)45-13-19-3-4-20(14-45)41-19)47-17-33(7-8-33)15-44-9-1-6-34(39,40)16-44/h2,5,10-12,19-20,41,46H,1,3-4,6-9,13-17H2. The van der Waals surface area contributed by atoms with Crippen LogP contribution in [0.15, 0.2) is 30.3 Å². The van der Waals surface area contributed by atoms with E-state index in [9.17, 15) is 18.3 Å². The number of likely N-dealkylation sites (tertiary alicyclic amines) is 1. The number of piperidine rings is 1. The van der Waals surface area contributed by atoms with E-state index in [0.717, 1.165) is 43.9 Å². The predicted octanol–water partition coefficient (Wildman–Crippen LogP) is 6.54. The summed E-state index contributed by atoms with van der Waals surface area (Å²) >= 11 is 0. The van der Waals surface area contributed by atoms with E-state index < -0.39 is 34.8 Å². The number of nitrogens with zero attached hydrogens (tertiary/aromatic N) is 4. The average molecular weight is 658 g/mol. The third-order valence-electron chi connectivity index (χ3n) is 10.1. The first-order valence-corrected chi connectivity index (χ1v) is 16.0. The summed E-state index contributed by atoms with van der Waals surface area (Å²) in [6.45, 7) is 1.92. The van der Waals surface area contributed by atoms with Crippen molar-refractivity contribution in [1.29, 1.82) is 0 Å². The van der Waals surface area contributed by atoms with Gasteiger partial charge >= 0.3 is 6.01 Å². The van der Waals surface area contributed by atoms with Gasteiger partial charge in [0.1, 0.15) is 22.9 Å². The second-order valence-corrected chi connectivity index (χ2v) is 13.7. The number of anilines is 1. The lowest BCUT2D eigenvalue weighted by atomic mass is 9.95. The number of alkyl halides is 2. The van der Waals surface area contributed by atoms with E-state index in [1.165, 1.54) is 12.1 Å². The van der Waals surface area contributed by atoms with Crippen LogP contribution in [0, 0.1) is 28.7 Å². The summed E-state index contributed by atoms with van der Waals surface area (Å²) in [6, 6.07) is 5.55. The molecule has 7 nitrogen and oxygen atoms in total. The lowest BCUT2D eigenvalue weighted by Gasteiger charge is -2.35. The van der Waals surface area contributed by atoms with Crippen LogP contribution in [0.4, 0.5) is 32.2 Å². The summed E-state index contributed by atoms with van der Waals surface area (Å²) in [5.41, 5.74) is -1.69. The molecule has 0 spiro atoms. The van der Waals surface area contributed by atoms with Gasteiger partial charge in [0.25, 0.3) is 5.92 Å². The van der Waals surface area contributed by atoms with Gasteiger partial charge in [0.2, 0.25) is 0 Å². The van der Waals surface area contributed by atoms with Crippen molar-refractivity contribution in [3.63, 3.8) is 0 Å². The highest BCUT2D eigenvalue weighted by Crippen LogP contribution is 2.48. The van der Waals surface area contributed by atoms with E-state index in [2.05, 4.69) is 15.3 Å². The van der Waals surface area contributed by atoms with E-state index in [1.807, 2.05) is 4.90 Å². The monoisotopic (exact) mass is 657 g/mol. The molecule has 1 aromatic heterocycles. The molecule has 8 rings (SSSR count). The fourth-order valence-electron chi connectivity index (χ4n) is 7.66. The summed E-state index contributed by atoms with van der Waals surface area (Å²) in [4.78, 5) is 12.7. The zero-order chi connectivity index (χ0) is 32.7. The van der Waals surface area contributed by atoms with E-state index in [4.69, 9.17) is 4.74 Å². The molecule has 3 aromatic carbocycles. The van der Waals surface area contributed by atoms with Crippen LogP contribution in [0.25, 0.3) is 32.8 Å². The molecule has 3 aliphatic heterocycles. The lowest BCUT2D eigenvalue weighted by Crippen LogP contribution is -2.51. The summed E-state index contributed by atoms with van der Waals surface area (Å²) in [6.07, 6.45) is 3.73. The summed E-state index contributed by atoms with van der Waals surface area (Å²) < 4.78 is 96.5. The Bertz CT molecular complexity index is 1890. The Morgan fingerprint density at radius 3 is 2.43 bits per heavy atom. The largest absolute Gasteiger partial charge is 0.508 e. The van der Waals surface area contributed by atoms with Crippen molar-refractivity contribution < 1.29 is 36.2 Å². The molecule has 1 saturated carbocycles. The van der Waals surface area contributed by atoms with Gasteiger partial charge in [-0.25, -0.2) is 26.3 Å². The number of hydrogen-bond donors (Lipinski definition) is 2. The first-order chi connectivity index (χ1) is 22.5. The first-order valence-electron chi connectivity index (χ1n) is 16.0. The molecule has 3 saturated heterocycles. The number of phenols is 1. The van der Waals surface area contributed by atoms with E-state index >= 15 is 13.2 Å². The van der Waals surface area contributed by atoms with Crippen LogP contribution in [-0.4, -0.2) is 77.3 Å². The molecule has 2 N–H and O–H groups in total. The Morgan fingerprint density at radius 2 is 1.70 bits per heavy atom.